The maximum Gasteiger partial charge on any atom is 0.319 e. The van der Waals surface area contributed by atoms with Gasteiger partial charge >= 0.3 is 12.3 Å². The van der Waals surface area contributed by atoms with Crippen molar-refractivity contribution in [2.45, 2.75) is 18.5 Å². The number of hydrogen-bond acceptors (Lipinski definition) is 4. The van der Waals surface area contributed by atoms with E-state index in [1.165, 1.54) is 7.11 Å². The highest BCUT2D eigenvalue weighted by atomic mass is 19.3. The number of methoxy groups -OCH3 is 1. The molecule has 0 fully saturated rings. The smallest absolute Gasteiger partial charge is 0.319 e. The number of para-hydroxylation sites is 2. The van der Waals surface area contributed by atoms with E-state index in [1.54, 1.807) is 24.3 Å². The zero-order valence-electron chi connectivity index (χ0n) is 11.4. The number of nitrogens with one attached hydrogen (secondary N) is 1. The molecule has 0 bridgehead atoms. The second-order valence-electron chi connectivity index (χ2n) is 4.31. The summed E-state index contributed by atoms with van der Waals surface area (Å²) in [7, 11) is 1.45. The summed E-state index contributed by atoms with van der Waals surface area (Å²) in [6.45, 7) is -1.69. The first kappa shape index (κ1) is 17.5. The van der Waals surface area contributed by atoms with Gasteiger partial charge in [-0.2, -0.15) is 8.78 Å². The minimum absolute atomic E-state index is 0.187. The van der Waals surface area contributed by atoms with Crippen LogP contribution >= 0.6 is 0 Å². The molecule has 0 saturated carbocycles. The number of benzene rings is 1. The molecule has 2 N–H and O–H groups in total. The summed E-state index contributed by atoms with van der Waals surface area (Å²) in [6.07, 6.45) is -4.87. The van der Waals surface area contributed by atoms with Gasteiger partial charge in [0.2, 0.25) is 0 Å². The molecular formula is C13H17F4NO3. The standard InChI is InChI=1S/C13H17F4NO3/c1-20-10-4-2-3-5-11(10)21-7-9(19)6-18-8-13(16,17)12(14)15/h2-5,9,12,18-19H,6-8H2,1H3. The molecule has 1 aromatic rings. The van der Waals surface area contributed by atoms with Gasteiger partial charge < -0.3 is 19.9 Å². The van der Waals surface area contributed by atoms with Crippen molar-refractivity contribution in [3.05, 3.63) is 24.3 Å². The molecule has 4 nitrogen and oxygen atoms in total. The highest BCUT2D eigenvalue weighted by molar-refractivity contribution is 5.39. The van der Waals surface area contributed by atoms with Crippen molar-refractivity contribution in [1.82, 2.24) is 5.32 Å². The zero-order valence-corrected chi connectivity index (χ0v) is 11.4. The molecule has 0 amide bonds. The Kier molecular flexibility index (Phi) is 6.70. The van der Waals surface area contributed by atoms with Crippen molar-refractivity contribution in [3.63, 3.8) is 0 Å². The van der Waals surface area contributed by atoms with Crippen LogP contribution in [0.2, 0.25) is 0 Å². The first-order valence-electron chi connectivity index (χ1n) is 6.17. The predicted molar refractivity (Wildman–Crippen MR) is 68.3 cm³/mol. The Morgan fingerprint density at radius 2 is 1.86 bits per heavy atom. The second kappa shape index (κ2) is 8.04. The molecule has 1 aromatic carbocycles. The largest absolute Gasteiger partial charge is 0.493 e. The van der Waals surface area contributed by atoms with Crippen LogP contribution in [0.5, 0.6) is 11.5 Å². The van der Waals surface area contributed by atoms with Crippen LogP contribution in [0.15, 0.2) is 24.3 Å². The lowest BCUT2D eigenvalue weighted by atomic mass is 10.3. The summed E-state index contributed by atoms with van der Waals surface area (Å²) in [5.41, 5.74) is 0. The summed E-state index contributed by atoms with van der Waals surface area (Å²) in [4.78, 5) is 0. The van der Waals surface area contributed by atoms with Crippen molar-refractivity contribution in [1.29, 1.82) is 0 Å². The summed E-state index contributed by atoms with van der Waals surface area (Å²) >= 11 is 0. The minimum atomic E-state index is -4.12. The Hall–Kier alpha value is -1.54. The fraction of sp³-hybridized carbons (Fsp3) is 0.538. The van der Waals surface area contributed by atoms with Gasteiger partial charge in [0, 0.05) is 6.54 Å². The van der Waals surface area contributed by atoms with E-state index in [4.69, 9.17) is 9.47 Å². The first-order chi connectivity index (χ1) is 9.86. The van der Waals surface area contributed by atoms with Gasteiger partial charge in [0.15, 0.2) is 11.5 Å². The lowest BCUT2D eigenvalue weighted by Crippen LogP contribution is -2.42. The van der Waals surface area contributed by atoms with E-state index < -0.39 is 25.0 Å². The number of hydrogen-bond donors (Lipinski definition) is 2. The van der Waals surface area contributed by atoms with E-state index >= 15 is 0 Å². The van der Waals surface area contributed by atoms with Crippen LogP contribution in [-0.2, 0) is 0 Å². The normalized spacial score (nSPS) is 13.3. The maximum atomic E-state index is 12.6. The topological polar surface area (TPSA) is 50.7 Å². The Bertz CT molecular complexity index is 432. The van der Waals surface area contributed by atoms with Crippen LogP contribution in [-0.4, -0.2) is 50.4 Å². The second-order valence-corrected chi connectivity index (χ2v) is 4.31. The van der Waals surface area contributed by atoms with Gasteiger partial charge in [-0.15, -0.1) is 0 Å². The molecular weight excluding hydrogens is 294 g/mol. The van der Waals surface area contributed by atoms with Gasteiger partial charge in [0.25, 0.3) is 0 Å². The van der Waals surface area contributed by atoms with Crippen molar-refractivity contribution in [2.24, 2.45) is 0 Å². The van der Waals surface area contributed by atoms with E-state index in [9.17, 15) is 22.7 Å². The number of ether oxygens (including phenoxy) is 2. The fourth-order valence-corrected chi connectivity index (χ4v) is 1.47. The summed E-state index contributed by atoms with van der Waals surface area (Å²) in [6, 6.07) is 6.70. The van der Waals surface area contributed by atoms with E-state index in [0.29, 0.717) is 11.5 Å². The first-order valence-corrected chi connectivity index (χ1v) is 6.17. The van der Waals surface area contributed by atoms with Gasteiger partial charge in [-0.3, -0.25) is 0 Å². The number of rotatable bonds is 9. The van der Waals surface area contributed by atoms with Crippen LogP contribution in [0.1, 0.15) is 0 Å². The number of alkyl halides is 4. The third-order valence-corrected chi connectivity index (χ3v) is 2.56. The molecule has 0 aliphatic rings. The molecule has 1 atom stereocenters. The summed E-state index contributed by atoms with van der Waals surface area (Å²) < 4.78 is 59.3. The molecule has 0 saturated heterocycles. The average Bonchev–Trinajstić information content (AvgIpc) is 2.45. The molecule has 0 radical (unpaired) electrons. The van der Waals surface area contributed by atoms with Gasteiger partial charge in [-0.05, 0) is 12.1 Å². The Morgan fingerprint density at radius 1 is 1.24 bits per heavy atom. The highest BCUT2D eigenvalue weighted by Crippen LogP contribution is 2.25. The molecule has 1 rings (SSSR count). The van der Waals surface area contributed by atoms with Gasteiger partial charge in [-0.25, -0.2) is 8.78 Å². The van der Waals surface area contributed by atoms with Crippen LogP contribution in [0, 0.1) is 0 Å². The Balaban J connectivity index is 2.33. The zero-order chi connectivity index (χ0) is 15.9. The molecule has 0 heterocycles. The fourth-order valence-electron chi connectivity index (χ4n) is 1.47. The molecule has 0 aliphatic carbocycles. The third kappa shape index (κ3) is 5.76. The van der Waals surface area contributed by atoms with E-state index in [0.717, 1.165) is 0 Å². The molecule has 120 valence electrons. The van der Waals surface area contributed by atoms with Gasteiger partial charge in [-0.1, -0.05) is 12.1 Å². The van der Waals surface area contributed by atoms with Crippen LogP contribution in [0.3, 0.4) is 0 Å². The molecule has 1 unspecified atom stereocenters. The molecule has 0 aliphatic heterocycles. The SMILES string of the molecule is COc1ccccc1OCC(O)CNCC(F)(F)C(F)F. The lowest BCUT2D eigenvalue weighted by Gasteiger charge is -2.18. The Morgan fingerprint density at radius 3 is 2.43 bits per heavy atom. The summed E-state index contributed by atoms with van der Waals surface area (Å²) in [5, 5.41) is 11.6. The molecule has 0 spiro atoms. The molecule has 21 heavy (non-hydrogen) atoms. The summed E-state index contributed by atoms with van der Waals surface area (Å²) in [5.74, 6) is -3.28. The molecule has 0 aromatic heterocycles. The van der Waals surface area contributed by atoms with Gasteiger partial charge in [0.05, 0.1) is 13.7 Å². The van der Waals surface area contributed by atoms with E-state index in [2.05, 4.69) is 5.32 Å². The maximum absolute atomic E-state index is 12.6. The monoisotopic (exact) mass is 311 g/mol. The minimum Gasteiger partial charge on any atom is -0.493 e. The quantitative estimate of drug-likeness (QED) is 0.684. The van der Waals surface area contributed by atoms with E-state index in [1.807, 2.05) is 0 Å². The van der Waals surface area contributed by atoms with Crippen molar-refractivity contribution >= 4 is 0 Å². The number of halogens is 4. The highest BCUT2D eigenvalue weighted by Gasteiger charge is 2.40. The van der Waals surface area contributed by atoms with Gasteiger partial charge in [0.1, 0.15) is 12.7 Å². The van der Waals surface area contributed by atoms with Crippen molar-refractivity contribution in [3.8, 4) is 11.5 Å². The van der Waals surface area contributed by atoms with Crippen LogP contribution in [0.4, 0.5) is 17.6 Å². The average molecular weight is 311 g/mol. The van der Waals surface area contributed by atoms with Crippen molar-refractivity contribution in [2.75, 3.05) is 26.8 Å². The lowest BCUT2D eigenvalue weighted by molar-refractivity contribution is -0.125. The predicted octanol–water partition coefficient (Wildman–Crippen LogP) is 1.92. The van der Waals surface area contributed by atoms with Crippen LogP contribution in [0.25, 0.3) is 0 Å². The third-order valence-electron chi connectivity index (χ3n) is 2.56. The van der Waals surface area contributed by atoms with E-state index in [-0.39, 0.29) is 13.2 Å². The number of aliphatic hydroxyl groups is 1. The number of aliphatic hydroxyl groups excluding tert-OH is 1. The van der Waals surface area contributed by atoms with Crippen molar-refractivity contribution < 1.29 is 32.1 Å². The van der Waals surface area contributed by atoms with Crippen LogP contribution < -0.4 is 14.8 Å². The Labute approximate surface area is 119 Å². The molecule has 8 heteroatoms.